The lowest BCUT2D eigenvalue weighted by atomic mass is 10.0. The van der Waals surface area contributed by atoms with Crippen LogP contribution in [0.25, 0.3) is 6.08 Å². The van der Waals surface area contributed by atoms with Gasteiger partial charge in [0.25, 0.3) is 0 Å². The maximum absolute atomic E-state index is 10.6. The lowest BCUT2D eigenvalue weighted by molar-refractivity contribution is 0.532. The third-order valence-corrected chi connectivity index (χ3v) is 2.49. The van der Waals surface area contributed by atoms with E-state index in [4.69, 9.17) is 0 Å². The summed E-state index contributed by atoms with van der Waals surface area (Å²) in [5, 5.41) is 3.14. The smallest absolute Gasteiger partial charge is 0.110 e. The molecule has 0 saturated heterocycles. The molecule has 1 aromatic carbocycles. The topological polar surface area (TPSA) is 29.4 Å². The van der Waals surface area contributed by atoms with Crippen LogP contribution in [0.15, 0.2) is 41.6 Å². The minimum absolute atomic E-state index is 0.192. The van der Waals surface area contributed by atoms with Crippen molar-refractivity contribution >= 4 is 6.08 Å². The molecule has 0 aromatic heterocycles. The molecule has 0 radical (unpaired) electrons. The van der Waals surface area contributed by atoms with E-state index in [1.165, 1.54) is 0 Å². The van der Waals surface area contributed by atoms with Crippen molar-refractivity contribution in [3.05, 3.63) is 46.9 Å². The predicted molar refractivity (Wildman–Crippen MR) is 69.1 cm³/mol. The molecule has 2 nitrogen and oxygen atoms in total. The van der Waals surface area contributed by atoms with E-state index in [0.29, 0.717) is 5.92 Å². The zero-order chi connectivity index (χ0) is 11.8. The first-order chi connectivity index (χ1) is 7.72. The van der Waals surface area contributed by atoms with Crippen LogP contribution in [0, 0.1) is 10.8 Å². The van der Waals surface area contributed by atoms with Gasteiger partial charge >= 0.3 is 0 Å². The van der Waals surface area contributed by atoms with Crippen molar-refractivity contribution < 1.29 is 0 Å². The zero-order valence-corrected chi connectivity index (χ0v) is 9.97. The van der Waals surface area contributed by atoms with Crippen molar-refractivity contribution in [2.24, 2.45) is 11.1 Å². The molecule has 1 rings (SSSR count). The highest BCUT2D eigenvalue weighted by Gasteiger charge is 2.05. The first kappa shape index (κ1) is 12.6. The summed E-state index contributed by atoms with van der Waals surface area (Å²) in [6.07, 6.45) is 5.73. The Morgan fingerprint density at radius 2 is 1.88 bits per heavy atom. The summed E-state index contributed by atoms with van der Waals surface area (Å²) in [4.78, 5) is 10.6. The molecule has 0 heterocycles. The normalized spacial score (nSPS) is 13.2. The van der Waals surface area contributed by atoms with Crippen LogP contribution in [0.5, 0.6) is 0 Å². The van der Waals surface area contributed by atoms with E-state index in [0.717, 1.165) is 18.4 Å². The van der Waals surface area contributed by atoms with Crippen LogP contribution in [-0.4, -0.2) is 6.04 Å². The maximum Gasteiger partial charge on any atom is 0.110 e. The van der Waals surface area contributed by atoms with Crippen molar-refractivity contribution in [3.8, 4) is 0 Å². The van der Waals surface area contributed by atoms with Crippen LogP contribution in [-0.2, 0) is 0 Å². The van der Waals surface area contributed by atoms with Gasteiger partial charge in [-0.25, -0.2) is 0 Å². The van der Waals surface area contributed by atoms with E-state index in [9.17, 15) is 4.91 Å². The van der Waals surface area contributed by atoms with Gasteiger partial charge in [0.1, 0.15) is 6.04 Å². The Bertz CT molecular complexity index is 330. The predicted octanol–water partition coefficient (Wildman–Crippen LogP) is 4.27. The maximum atomic E-state index is 10.6. The molecule has 16 heavy (non-hydrogen) atoms. The van der Waals surface area contributed by atoms with Crippen LogP contribution < -0.4 is 0 Å². The van der Waals surface area contributed by atoms with Gasteiger partial charge in [0, 0.05) is 0 Å². The van der Waals surface area contributed by atoms with Gasteiger partial charge in [-0.15, -0.1) is 0 Å². The van der Waals surface area contributed by atoms with Crippen LogP contribution in [0.3, 0.4) is 0 Å². The number of nitroso groups, excluding NO2 is 1. The minimum atomic E-state index is -0.192. The first-order valence-corrected chi connectivity index (χ1v) is 5.78. The molecule has 0 bridgehead atoms. The van der Waals surface area contributed by atoms with Gasteiger partial charge in [-0.2, -0.15) is 4.91 Å². The molecule has 0 aliphatic rings. The third-order valence-electron chi connectivity index (χ3n) is 2.49. The molecule has 86 valence electrons. The highest BCUT2D eigenvalue weighted by molar-refractivity contribution is 5.49. The standard InChI is InChI=1S/C14H19NO/c1-12(2)8-10-14(15-16)11-9-13-6-4-3-5-7-13/h3-7,9,11-12,14H,8,10H2,1-2H3. The van der Waals surface area contributed by atoms with Crippen LogP contribution in [0.4, 0.5) is 0 Å². The Morgan fingerprint density at radius 3 is 2.44 bits per heavy atom. The second-order valence-corrected chi connectivity index (χ2v) is 4.41. The van der Waals surface area contributed by atoms with Crippen molar-refractivity contribution in [2.45, 2.75) is 32.7 Å². The van der Waals surface area contributed by atoms with E-state index in [2.05, 4.69) is 19.0 Å². The molecule has 0 aliphatic heterocycles. The molecule has 1 unspecified atom stereocenters. The fourth-order valence-electron chi connectivity index (χ4n) is 1.47. The Labute approximate surface area is 97.4 Å². The van der Waals surface area contributed by atoms with Gasteiger partial charge in [-0.05, 0) is 24.3 Å². The number of rotatable bonds is 6. The summed E-state index contributed by atoms with van der Waals surface area (Å²) < 4.78 is 0. The fraction of sp³-hybridized carbons (Fsp3) is 0.429. The summed E-state index contributed by atoms with van der Waals surface area (Å²) in [5.74, 6) is 0.620. The first-order valence-electron chi connectivity index (χ1n) is 5.78. The summed E-state index contributed by atoms with van der Waals surface area (Å²) in [5.41, 5.74) is 1.11. The summed E-state index contributed by atoms with van der Waals surface area (Å²) in [7, 11) is 0. The van der Waals surface area contributed by atoms with Gasteiger partial charge in [-0.3, -0.25) is 0 Å². The Kier molecular flexibility index (Phi) is 5.48. The molecular weight excluding hydrogens is 198 g/mol. The number of benzene rings is 1. The lowest BCUT2D eigenvalue weighted by Gasteiger charge is -2.06. The molecule has 0 aliphatic carbocycles. The second-order valence-electron chi connectivity index (χ2n) is 4.41. The Hall–Kier alpha value is -1.44. The SMILES string of the molecule is CC(C)CCC(C=Cc1ccccc1)N=O. The molecule has 0 amide bonds. The largest absolute Gasteiger partial charge is 0.150 e. The summed E-state index contributed by atoms with van der Waals surface area (Å²) in [6, 6.07) is 9.78. The van der Waals surface area contributed by atoms with Gasteiger partial charge < -0.3 is 0 Å². The number of hydrogen-bond acceptors (Lipinski definition) is 2. The molecule has 1 aromatic rings. The quantitative estimate of drug-likeness (QED) is 0.654. The molecule has 2 heteroatoms. The van der Waals surface area contributed by atoms with E-state index in [-0.39, 0.29) is 6.04 Å². The van der Waals surface area contributed by atoms with E-state index >= 15 is 0 Å². The Morgan fingerprint density at radius 1 is 1.19 bits per heavy atom. The average Bonchev–Trinajstić information content (AvgIpc) is 2.30. The fourth-order valence-corrected chi connectivity index (χ4v) is 1.47. The van der Waals surface area contributed by atoms with Crippen molar-refractivity contribution in [1.82, 2.24) is 0 Å². The summed E-state index contributed by atoms with van der Waals surface area (Å²) >= 11 is 0. The molecule has 0 N–H and O–H groups in total. The number of hydrogen-bond donors (Lipinski definition) is 0. The van der Waals surface area contributed by atoms with Gasteiger partial charge in [0.05, 0.1) is 0 Å². The van der Waals surface area contributed by atoms with Crippen LogP contribution in [0.2, 0.25) is 0 Å². The second kappa shape index (κ2) is 6.94. The molecule has 0 saturated carbocycles. The molecule has 1 atom stereocenters. The molecular formula is C14H19NO. The summed E-state index contributed by atoms with van der Waals surface area (Å²) in [6.45, 7) is 4.31. The number of nitrogens with zero attached hydrogens (tertiary/aromatic N) is 1. The zero-order valence-electron chi connectivity index (χ0n) is 9.97. The van der Waals surface area contributed by atoms with E-state index < -0.39 is 0 Å². The average molecular weight is 217 g/mol. The van der Waals surface area contributed by atoms with Crippen molar-refractivity contribution in [2.75, 3.05) is 0 Å². The molecule has 0 spiro atoms. The van der Waals surface area contributed by atoms with E-state index in [1.807, 2.05) is 42.5 Å². The lowest BCUT2D eigenvalue weighted by Crippen LogP contribution is -2.01. The monoisotopic (exact) mass is 217 g/mol. The van der Waals surface area contributed by atoms with Crippen molar-refractivity contribution in [1.29, 1.82) is 0 Å². The van der Waals surface area contributed by atoms with Gasteiger partial charge in [-0.1, -0.05) is 61.5 Å². The minimum Gasteiger partial charge on any atom is -0.150 e. The van der Waals surface area contributed by atoms with Crippen molar-refractivity contribution in [3.63, 3.8) is 0 Å². The molecule has 0 fully saturated rings. The van der Waals surface area contributed by atoms with Gasteiger partial charge in [0.15, 0.2) is 0 Å². The highest BCUT2D eigenvalue weighted by atomic mass is 16.3. The highest BCUT2D eigenvalue weighted by Crippen LogP contribution is 2.12. The van der Waals surface area contributed by atoms with Gasteiger partial charge in [0.2, 0.25) is 0 Å². The van der Waals surface area contributed by atoms with Crippen LogP contribution in [0.1, 0.15) is 32.3 Å². The van der Waals surface area contributed by atoms with E-state index in [1.54, 1.807) is 0 Å². The third kappa shape index (κ3) is 4.87. The Balaban J connectivity index is 2.50. The van der Waals surface area contributed by atoms with Crippen LogP contribution >= 0.6 is 0 Å².